The van der Waals surface area contributed by atoms with Gasteiger partial charge in [-0.3, -0.25) is 0 Å². The van der Waals surface area contributed by atoms with Crippen LogP contribution in [-0.4, -0.2) is 14.1 Å². The molecule has 0 bridgehead atoms. The molecule has 2 aromatic carbocycles. The molecule has 1 N–H and O–H groups in total. The number of benzene rings is 2. The summed E-state index contributed by atoms with van der Waals surface area (Å²) in [4.78, 5) is 2.07. The van der Waals surface area contributed by atoms with E-state index in [0.29, 0.717) is 11.6 Å². The van der Waals surface area contributed by atoms with Gasteiger partial charge in [0.1, 0.15) is 5.82 Å². The van der Waals surface area contributed by atoms with Crippen LogP contribution in [0, 0.1) is 12.7 Å². The molecule has 2 rings (SSSR count). The quantitative estimate of drug-likeness (QED) is 0.894. The summed E-state index contributed by atoms with van der Waals surface area (Å²) >= 11 is 6.05. The molecular weight excluding hydrogens is 275 g/mol. The van der Waals surface area contributed by atoms with Crippen LogP contribution in [0.1, 0.15) is 11.1 Å². The fourth-order valence-electron chi connectivity index (χ4n) is 2.08. The van der Waals surface area contributed by atoms with E-state index in [1.807, 2.05) is 20.2 Å². The standard InChI is InChI=1S/C16H18ClFN2/c1-11-4-6-14(9-16(11)20(2)3)19-10-12-8-13(18)5-7-15(12)17/h4-9,19H,10H2,1-3H3. The first-order chi connectivity index (χ1) is 9.47. The first kappa shape index (κ1) is 14.7. The summed E-state index contributed by atoms with van der Waals surface area (Å²) in [6.07, 6.45) is 0. The summed E-state index contributed by atoms with van der Waals surface area (Å²) in [5, 5.41) is 3.84. The van der Waals surface area contributed by atoms with E-state index in [0.717, 1.165) is 16.9 Å². The highest BCUT2D eigenvalue weighted by atomic mass is 35.5. The lowest BCUT2D eigenvalue weighted by Gasteiger charge is -2.17. The Labute approximate surface area is 124 Å². The second-order valence-electron chi connectivity index (χ2n) is 4.98. The molecule has 2 aromatic rings. The molecule has 0 aliphatic rings. The summed E-state index contributed by atoms with van der Waals surface area (Å²) < 4.78 is 13.2. The molecule has 0 atom stereocenters. The third-order valence-corrected chi connectivity index (χ3v) is 3.55. The molecule has 0 saturated heterocycles. The second-order valence-corrected chi connectivity index (χ2v) is 5.39. The Morgan fingerprint density at radius 3 is 2.60 bits per heavy atom. The van der Waals surface area contributed by atoms with Crippen molar-refractivity contribution >= 4 is 23.0 Å². The molecule has 2 nitrogen and oxygen atoms in total. The monoisotopic (exact) mass is 292 g/mol. The minimum absolute atomic E-state index is 0.274. The van der Waals surface area contributed by atoms with Crippen molar-refractivity contribution in [2.24, 2.45) is 0 Å². The normalized spacial score (nSPS) is 10.4. The van der Waals surface area contributed by atoms with E-state index in [9.17, 15) is 4.39 Å². The second kappa shape index (κ2) is 6.14. The summed E-state index contributed by atoms with van der Waals surface area (Å²) in [6, 6.07) is 10.5. The van der Waals surface area contributed by atoms with Crippen molar-refractivity contribution in [3.8, 4) is 0 Å². The minimum Gasteiger partial charge on any atom is -0.381 e. The highest BCUT2D eigenvalue weighted by Gasteiger charge is 2.05. The Morgan fingerprint density at radius 1 is 1.15 bits per heavy atom. The summed E-state index contributed by atoms with van der Waals surface area (Å²) in [5.74, 6) is -0.274. The first-order valence-electron chi connectivity index (χ1n) is 6.43. The lowest BCUT2D eigenvalue weighted by molar-refractivity contribution is 0.626. The number of anilines is 2. The summed E-state index contributed by atoms with van der Waals surface area (Å²) in [6.45, 7) is 2.56. The van der Waals surface area contributed by atoms with E-state index in [1.54, 1.807) is 6.07 Å². The van der Waals surface area contributed by atoms with Crippen LogP contribution in [-0.2, 0) is 6.54 Å². The predicted molar refractivity (Wildman–Crippen MR) is 84.2 cm³/mol. The Balaban J connectivity index is 2.15. The van der Waals surface area contributed by atoms with Crippen molar-refractivity contribution in [3.05, 3.63) is 58.4 Å². The predicted octanol–water partition coefficient (Wildman–Crippen LogP) is 4.47. The van der Waals surface area contributed by atoms with E-state index >= 15 is 0 Å². The molecule has 0 fully saturated rings. The molecule has 0 spiro atoms. The molecule has 0 aliphatic carbocycles. The number of nitrogens with one attached hydrogen (secondary N) is 1. The van der Waals surface area contributed by atoms with Gasteiger partial charge in [-0.05, 0) is 48.4 Å². The number of hydrogen-bond acceptors (Lipinski definition) is 2. The Kier molecular flexibility index (Phi) is 4.50. The van der Waals surface area contributed by atoms with Crippen LogP contribution < -0.4 is 10.2 Å². The Hall–Kier alpha value is -1.74. The summed E-state index contributed by atoms with van der Waals surface area (Å²) in [5.41, 5.74) is 4.10. The highest BCUT2D eigenvalue weighted by Crippen LogP contribution is 2.24. The number of hydrogen-bond donors (Lipinski definition) is 1. The van der Waals surface area contributed by atoms with Gasteiger partial charge in [-0.2, -0.15) is 0 Å². The molecule has 0 saturated carbocycles. The maximum atomic E-state index is 13.2. The topological polar surface area (TPSA) is 15.3 Å². The van der Waals surface area contributed by atoms with Crippen molar-refractivity contribution in [2.75, 3.05) is 24.3 Å². The zero-order valence-electron chi connectivity index (χ0n) is 11.9. The molecule has 4 heteroatoms. The molecule has 0 aromatic heterocycles. The lowest BCUT2D eigenvalue weighted by Crippen LogP contribution is -2.11. The van der Waals surface area contributed by atoms with Crippen molar-refractivity contribution in [2.45, 2.75) is 13.5 Å². The van der Waals surface area contributed by atoms with Crippen molar-refractivity contribution < 1.29 is 4.39 Å². The van der Waals surface area contributed by atoms with Crippen LogP contribution in [0.3, 0.4) is 0 Å². The van der Waals surface area contributed by atoms with E-state index in [-0.39, 0.29) is 5.82 Å². The van der Waals surface area contributed by atoms with Crippen LogP contribution in [0.4, 0.5) is 15.8 Å². The van der Waals surface area contributed by atoms with Crippen LogP contribution in [0.2, 0.25) is 5.02 Å². The van der Waals surface area contributed by atoms with E-state index < -0.39 is 0 Å². The molecule has 106 valence electrons. The SMILES string of the molecule is Cc1ccc(NCc2cc(F)ccc2Cl)cc1N(C)C. The van der Waals surface area contributed by atoms with Gasteiger partial charge in [-0.15, -0.1) is 0 Å². The number of halogens is 2. The molecule has 0 unspecified atom stereocenters. The van der Waals surface area contributed by atoms with Gasteiger partial charge in [0.05, 0.1) is 0 Å². The molecule has 20 heavy (non-hydrogen) atoms. The Bertz CT molecular complexity index is 611. The van der Waals surface area contributed by atoms with E-state index in [1.165, 1.54) is 17.7 Å². The zero-order valence-corrected chi connectivity index (χ0v) is 12.6. The number of rotatable bonds is 4. The smallest absolute Gasteiger partial charge is 0.123 e. The minimum atomic E-state index is -0.274. The summed E-state index contributed by atoms with van der Waals surface area (Å²) in [7, 11) is 4.02. The van der Waals surface area contributed by atoms with E-state index in [2.05, 4.69) is 29.3 Å². The fourth-order valence-corrected chi connectivity index (χ4v) is 2.26. The molecule has 0 aliphatic heterocycles. The van der Waals surface area contributed by atoms with Gasteiger partial charge >= 0.3 is 0 Å². The van der Waals surface area contributed by atoms with Crippen LogP contribution in [0.5, 0.6) is 0 Å². The third-order valence-electron chi connectivity index (χ3n) is 3.18. The molecule has 0 radical (unpaired) electrons. The molecule has 0 amide bonds. The fraction of sp³-hybridized carbons (Fsp3) is 0.250. The number of aryl methyl sites for hydroxylation is 1. The lowest BCUT2D eigenvalue weighted by atomic mass is 10.1. The molecular formula is C16H18ClFN2. The van der Waals surface area contributed by atoms with Gasteiger partial charge in [0, 0.05) is 37.0 Å². The van der Waals surface area contributed by atoms with Crippen LogP contribution in [0.25, 0.3) is 0 Å². The largest absolute Gasteiger partial charge is 0.381 e. The van der Waals surface area contributed by atoms with Crippen LogP contribution >= 0.6 is 11.6 Å². The zero-order chi connectivity index (χ0) is 14.7. The number of nitrogens with zero attached hydrogens (tertiary/aromatic N) is 1. The van der Waals surface area contributed by atoms with Gasteiger partial charge < -0.3 is 10.2 Å². The average molecular weight is 293 g/mol. The van der Waals surface area contributed by atoms with Gasteiger partial charge in [0.25, 0.3) is 0 Å². The maximum Gasteiger partial charge on any atom is 0.123 e. The average Bonchev–Trinajstić information content (AvgIpc) is 2.41. The van der Waals surface area contributed by atoms with Crippen molar-refractivity contribution in [1.29, 1.82) is 0 Å². The molecule has 0 heterocycles. The van der Waals surface area contributed by atoms with Gasteiger partial charge in [-0.25, -0.2) is 4.39 Å². The maximum absolute atomic E-state index is 13.2. The van der Waals surface area contributed by atoms with Gasteiger partial charge in [0.2, 0.25) is 0 Å². The van der Waals surface area contributed by atoms with Crippen molar-refractivity contribution in [1.82, 2.24) is 0 Å². The van der Waals surface area contributed by atoms with Gasteiger partial charge in [-0.1, -0.05) is 17.7 Å². The first-order valence-corrected chi connectivity index (χ1v) is 6.81. The Morgan fingerprint density at radius 2 is 1.90 bits per heavy atom. The highest BCUT2D eigenvalue weighted by molar-refractivity contribution is 6.31. The third kappa shape index (κ3) is 3.42. The van der Waals surface area contributed by atoms with E-state index in [4.69, 9.17) is 11.6 Å². The van der Waals surface area contributed by atoms with Crippen molar-refractivity contribution in [3.63, 3.8) is 0 Å². The van der Waals surface area contributed by atoms with Gasteiger partial charge in [0.15, 0.2) is 0 Å². The van der Waals surface area contributed by atoms with Crippen LogP contribution in [0.15, 0.2) is 36.4 Å².